The molecule has 8 nitrogen and oxygen atoms in total. The molecule has 2 aromatic rings. The molecule has 1 fully saturated rings. The highest BCUT2D eigenvalue weighted by Crippen LogP contribution is 2.26. The summed E-state index contributed by atoms with van der Waals surface area (Å²) in [6.45, 7) is 1.80. The molecule has 1 aromatic heterocycles. The molecule has 0 radical (unpaired) electrons. The van der Waals surface area contributed by atoms with Crippen molar-refractivity contribution in [3.8, 4) is 11.4 Å². The number of urea groups is 1. The van der Waals surface area contributed by atoms with E-state index in [1.54, 1.807) is 36.9 Å². The minimum absolute atomic E-state index is 0.184. The Kier molecular flexibility index (Phi) is 5.47. The smallest absolute Gasteiger partial charge is 0.319 e. The van der Waals surface area contributed by atoms with Crippen molar-refractivity contribution in [3.05, 3.63) is 24.0 Å². The van der Waals surface area contributed by atoms with E-state index in [9.17, 15) is 4.79 Å². The second-order valence-corrected chi connectivity index (χ2v) is 6.31. The molecule has 0 saturated heterocycles. The van der Waals surface area contributed by atoms with Crippen LogP contribution in [0.25, 0.3) is 5.69 Å². The Balaban J connectivity index is 1.72. The van der Waals surface area contributed by atoms with Crippen LogP contribution in [0.15, 0.2) is 18.2 Å². The van der Waals surface area contributed by atoms with Crippen molar-refractivity contribution < 1.29 is 9.53 Å². The first-order valence-corrected chi connectivity index (χ1v) is 8.68. The lowest BCUT2D eigenvalue weighted by atomic mass is 10.1. The average Bonchev–Trinajstić information content (AvgIpc) is 2.86. The first-order chi connectivity index (χ1) is 12.2. The summed E-state index contributed by atoms with van der Waals surface area (Å²) in [5.41, 5.74) is 1.34. The third kappa shape index (κ3) is 4.26. The molecule has 2 amide bonds. The molecule has 1 heterocycles. The van der Waals surface area contributed by atoms with Gasteiger partial charge in [0.25, 0.3) is 0 Å². The fourth-order valence-corrected chi connectivity index (χ4v) is 3.16. The number of nitrogens with one attached hydrogen (secondary N) is 2. The van der Waals surface area contributed by atoms with Crippen molar-refractivity contribution in [3.63, 3.8) is 0 Å². The van der Waals surface area contributed by atoms with Gasteiger partial charge in [-0.3, -0.25) is 0 Å². The zero-order valence-electron chi connectivity index (χ0n) is 14.7. The molecule has 134 valence electrons. The van der Waals surface area contributed by atoms with Crippen molar-refractivity contribution in [2.45, 2.75) is 51.5 Å². The van der Waals surface area contributed by atoms with E-state index in [1.165, 1.54) is 25.7 Å². The number of carbonyl (C=O) groups is 1. The summed E-state index contributed by atoms with van der Waals surface area (Å²) in [6, 6.07) is 5.46. The number of rotatable bonds is 4. The minimum Gasteiger partial charge on any atom is -0.494 e. The van der Waals surface area contributed by atoms with Gasteiger partial charge in [0.1, 0.15) is 11.4 Å². The number of aromatic nitrogens is 4. The second-order valence-electron chi connectivity index (χ2n) is 6.31. The summed E-state index contributed by atoms with van der Waals surface area (Å²) in [7, 11) is 1.59. The molecular weight excluding hydrogens is 320 g/mol. The van der Waals surface area contributed by atoms with Crippen molar-refractivity contribution in [1.82, 2.24) is 25.5 Å². The predicted octanol–water partition coefficient (Wildman–Crippen LogP) is 2.82. The van der Waals surface area contributed by atoms with E-state index < -0.39 is 0 Å². The first kappa shape index (κ1) is 17.2. The second kappa shape index (κ2) is 7.96. The molecular formula is C17H24N6O2. The maximum Gasteiger partial charge on any atom is 0.319 e. The predicted molar refractivity (Wildman–Crippen MR) is 94.1 cm³/mol. The van der Waals surface area contributed by atoms with Gasteiger partial charge in [0, 0.05) is 11.7 Å². The Morgan fingerprint density at radius 1 is 1.24 bits per heavy atom. The van der Waals surface area contributed by atoms with Crippen LogP contribution in [0.2, 0.25) is 0 Å². The third-order valence-corrected chi connectivity index (χ3v) is 4.48. The zero-order chi connectivity index (χ0) is 17.6. The van der Waals surface area contributed by atoms with E-state index in [0.29, 0.717) is 22.9 Å². The number of aryl methyl sites for hydroxylation is 1. The maximum absolute atomic E-state index is 12.3. The van der Waals surface area contributed by atoms with Gasteiger partial charge in [0.05, 0.1) is 7.11 Å². The lowest BCUT2D eigenvalue weighted by Crippen LogP contribution is -2.37. The van der Waals surface area contributed by atoms with Crippen LogP contribution in [0.1, 0.15) is 44.3 Å². The Morgan fingerprint density at radius 3 is 2.64 bits per heavy atom. The van der Waals surface area contributed by atoms with Gasteiger partial charge in [-0.2, -0.15) is 4.68 Å². The van der Waals surface area contributed by atoms with Gasteiger partial charge in [-0.15, -0.1) is 5.10 Å². The van der Waals surface area contributed by atoms with Crippen molar-refractivity contribution in [2.24, 2.45) is 0 Å². The molecule has 0 atom stereocenters. The molecule has 0 aliphatic heterocycles. The normalized spacial score (nSPS) is 15.4. The van der Waals surface area contributed by atoms with Gasteiger partial charge >= 0.3 is 6.03 Å². The molecule has 2 N–H and O–H groups in total. The number of hydrogen-bond acceptors (Lipinski definition) is 5. The molecule has 0 spiro atoms. The van der Waals surface area contributed by atoms with Crippen LogP contribution in [-0.4, -0.2) is 39.4 Å². The summed E-state index contributed by atoms with van der Waals surface area (Å²) in [5.74, 6) is 1.27. The molecule has 25 heavy (non-hydrogen) atoms. The van der Waals surface area contributed by atoms with Crippen LogP contribution in [0.3, 0.4) is 0 Å². The lowest BCUT2D eigenvalue weighted by Gasteiger charge is -2.17. The summed E-state index contributed by atoms with van der Waals surface area (Å²) < 4.78 is 6.95. The third-order valence-electron chi connectivity index (χ3n) is 4.48. The van der Waals surface area contributed by atoms with Gasteiger partial charge in [-0.1, -0.05) is 25.7 Å². The Labute approximate surface area is 146 Å². The standard InChI is InChI=1S/C17H24N6O2/c1-12-20-21-22-23(12)15-11-14(9-10-16(15)25-2)19-17(24)18-13-7-5-3-4-6-8-13/h9-11,13H,3-8H2,1-2H3,(H2,18,19,24). The Hall–Kier alpha value is -2.64. The highest BCUT2D eigenvalue weighted by molar-refractivity contribution is 5.90. The molecule has 0 bridgehead atoms. The lowest BCUT2D eigenvalue weighted by molar-refractivity contribution is 0.247. The maximum atomic E-state index is 12.3. The molecule has 1 aromatic carbocycles. The van der Waals surface area contributed by atoms with Crippen LogP contribution in [0.4, 0.5) is 10.5 Å². The monoisotopic (exact) mass is 344 g/mol. The van der Waals surface area contributed by atoms with Gasteiger partial charge < -0.3 is 15.4 Å². The van der Waals surface area contributed by atoms with Crippen molar-refractivity contribution in [1.29, 1.82) is 0 Å². The quantitative estimate of drug-likeness (QED) is 0.832. The topological polar surface area (TPSA) is 94.0 Å². The van der Waals surface area contributed by atoms with Crippen LogP contribution < -0.4 is 15.4 Å². The summed E-state index contributed by atoms with van der Waals surface area (Å²) in [4.78, 5) is 12.3. The van der Waals surface area contributed by atoms with E-state index >= 15 is 0 Å². The fraction of sp³-hybridized carbons (Fsp3) is 0.529. The first-order valence-electron chi connectivity index (χ1n) is 8.68. The SMILES string of the molecule is COc1ccc(NC(=O)NC2CCCCCC2)cc1-n1nnnc1C. The van der Waals surface area contributed by atoms with E-state index in [2.05, 4.69) is 26.2 Å². The van der Waals surface area contributed by atoms with Crippen LogP contribution in [-0.2, 0) is 0 Å². The number of nitrogens with zero attached hydrogens (tertiary/aromatic N) is 4. The highest BCUT2D eigenvalue weighted by atomic mass is 16.5. The molecule has 1 aliphatic rings. The number of ether oxygens (including phenoxy) is 1. The van der Waals surface area contributed by atoms with E-state index in [4.69, 9.17) is 4.74 Å². The van der Waals surface area contributed by atoms with Gasteiger partial charge in [0.15, 0.2) is 5.82 Å². The van der Waals surface area contributed by atoms with Gasteiger partial charge in [-0.05, 0) is 48.4 Å². The summed E-state index contributed by atoms with van der Waals surface area (Å²) >= 11 is 0. The number of carbonyl (C=O) groups excluding carboxylic acids is 1. The number of tetrazole rings is 1. The van der Waals surface area contributed by atoms with Crippen LogP contribution in [0, 0.1) is 6.92 Å². The number of anilines is 1. The molecule has 0 unspecified atom stereocenters. The van der Waals surface area contributed by atoms with E-state index in [1.807, 2.05) is 0 Å². The van der Waals surface area contributed by atoms with Crippen LogP contribution >= 0.6 is 0 Å². The summed E-state index contributed by atoms with van der Waals surface area (Å²) in [5, 5.41) is 17.5. The van der Waals surface area contributed by atoms with Crippen molar-refractivity contribution in [2.75, 3.05) is 12.4 Å². The van der Waals surface area contributed by atoms with Gasteiger partial charge in [-0.25, -0.2) is 4.79 Å². The molecule has 8 heteroatoms. The molecule has 1 saturated carbocycles. The molecule has 1 aliphatic carbocycles. The van der Waals surface area contributed by atoms with Crippen LogP contribution in [0.5, 0.6) is 5.75 Å². The largest absolute Gasteiger partial charge is 0.494 e. The van der Waals surface area contributed by atoms with E-state index in [0.717, 1.165) is 12.8 Å². The van der Waals surface area contributed by atoms with E-state index in [-0.39, 0.29) is 12.1 Å². The Morgan fingerprint density at radius 2 is 2.00 bits per heavy atom. The van der Waals surface area contributed by atoms with Gasteiger partial charge in [0.2, 0.25) is 0 Å². The fourth-order valence-electron chi connectivity index (χ4n) is 3.16. The number of hydrogen-bond donors (Lipinski definition) is 2. The number of benzene rings is 1. The Bertz CT molecular complexity index is 722. The zero-order valence-corrected chi connectivity index (χ0v) is 14.7. The number of amides is 2. The average molecular weight is 344 g/mol. The summed E-state index contributed by atoms with van der Waals surface area (Å²) in [6.07, 6.45) is 6.96. The highest BCUT2D eigenvalue weighted by Gasteiger charge is 2.16. The number of methoxy groups -OCH3 is 1. The van der Waals surface area contributed by atoms with Crippen molar-refractivity contribution >= 4 is 11.7 Å². The minimum atomic E-state index is -0.184. The molecule has 3 rings (SSSR count).